The minimum Gasteiger partial charge on any atom is -0.486 e. The number of benzene rings is 1. The van der Waals surface area contributed by atoms with Crippen molar-refractivity contribution < 1.29 is 19.0 Å². The topological polar surface area (TPSA) is 44.8 Å². The van der Waals surface area contributed by atoms with E-state index in [0.29, 0.717) is 36.9 Å². The summed E-state index contributed by atoms with van der Waals surface area (Å²) < 4.78 is 17.4. The number of fused-ring (bicyclic) bond motifs is 1. The Kier molecular flexibility index (Phi) is 3.98. The Morgan fingerprint density at radius 3 is 2.65 bits per heavy atom. The predicted octanol–water partition coefficient (Wildman–Crippen LogP) is 3.22. The van der Waals surface area contributed by atoms with E-state index in [1.54, 1.807) is 6.07 Å². The average Bonchev–Trinajstić information content (AvgIpc) is 2.94. The smallest absolute Gasteiger partial charge is 0.169 e. The van der Waals surface area contributed by atoms with Crippen molar-refractivity contribution in [2.75, 3.05) is 19.8 Å². The van der Waals surface area contributed by atoms with Gasteiger partial charge in [-0.3, -0.25) is 4.79 Å². The van der Waals surface area contributed by atoms with Gasteiger partial charge in [0.2, 0.25) is 0 Å². The van der Waals surface area contributed by atoms with E-state index in [1.165, 1.54) is 0 Å². The molecule has 0 spiro atoms. The van der Waals surface area contributed by atoms with Crippen molar-refractivity contribution >= 4 is 21.7 Å². The third-order valence-corrected chi connectivity index (χ3v) is 4.50. The van der Waals surface area contributed by atoms with E-state index in [1.807, 2.05) is 6.07 Å². The molecule has 0 saturated carbocycles. The summed E-state index contributed by atoms with van der Waals surface area (Å²) in [6.45, 7) is 3.78. The van der Waals surface area contributed by atoms with E-state index in [4.69, 9.17) is 14.2 Å². The van der Waals surface area contributed by atoms with Gasteiger partial charge in [0.1, 0.15) is 13.2 Å². The molecule has 1 aromatic rings. The lowest BCUT2D eigenvalue weighted by Gasteiger charge is -2.21. The van der Waals surface area contributed by atoms with Crippen LogP contribution in [0.4, 0.5) is 0 Å². The quantitative estimate of drug-likeness (QED) is 0.792. The molecule has 2 unspecified atom stereocenters. The molecule has 1 fully saturated rings. The second kappa shape index (κ2) is 5.74. The lowest BCUT2D eigenvalue weighted by Crippen LogP contribution is -2.24. The number of ketones is 1. The van der Waals surface area contributed by atoms with Crippen molar-refractivity contribution in [3.05, 3.63) is 22.2 Å². The third kappa shape index (κ3) is 2.44. The normalized spacial score (nSPS) is 24.7. The maximum Gasteiger partial charge on any atom is 0.169 e. The maximum atomic E-state index is 12.7. The summed E-state index contributed by atoms with van der Waals surface area (Å²) in [5.74, 6) is 1.40. The van der Waals surface area contributed by atoms with E-state index < -0.39 is 0 Å². The average molecular weight is 341 g/mol. The molecule has 0 N–H and O–H groups in total. The largest absolute Gasteiger partial charge is 0.486 e. The van der Waals surface area contributed by atoms with Crippen molar-refractivity contribution in [3.63, 3.8) is 0 Å². The Morgan fingerprint density at radius 2 is 1.95 bits per heavy atom. The highest BCUT2D eigenvalue weighted by molar-refractivity contribution is 9.10. The Morgan fingerprint density at radius 1 is 1.25 bits per heavy atom. The van der Waals surface area contributed by atoms with Crippen LogP contribution < -0.4 is 9.47 Å². The van der Waals surface area contributed by atoms with Crippen LogP contribution in [0.3, 0.4) is 0 Å². The molecule has 2 atom stereocenters. The third-order valence-electron chi connectivity index (χ3n) is 3.85. The van der Waals surface area contributed by atoms with Crippen molar-refractivity contribution in [3.8, 4) is 11.5 Å². The van der Waals surface area contributed by atoms with Crippen LogP contribution in [0, 0.1) is 5.92 Å². The first-order valence-corrected chi connectivity index (χ1v) is 7.75. The van der Waals surface area contributed by atoms with Crippen molar-refractivity contribution in [2.45, 2.75) is 25.9 Å². The monoisotopic (exact) mass is 340 g/mol. The van der Waals surface area contributed by atoms with Gasteiger partial charge >= 0.3 is 0 Å². The zero-order valence-corrected chi connectivity index (χ0v) is 12.9. The van der Waals surface area contributed by atoms with E-state index >= 15 is 0 Å². The zero-order valence-electron chi connectivity index (χ0n) is 11.4. The second-order valence-electron chi connectivity index (χ2n) is 5.05. The van der Waals surface area contributed by atoms with E-state index in [9.17, 15) is 4.79 Å². The zero-order chi connectivity index (χ0) is 14.1. The molecule has 2 aliphatic rings. The molecule has 0 bridgehead atoms. The number of carbonyl (C=O) groups is 1. The molecule has 108 valence electrons. The molecule has 20 heavy (non-hydrogen) atoms. The van der Waals surface area contributed by atoms with Gasteiger partial charge in [-0.15, -0.1) is 0 Å². The van der Waals surface area contributed by atoms with Gasteiger partial charge in [-0.1, -0.05) is 6.92 Å². The Bertz CT molecular complexity index is 529. The molecule has 0 amide bonds. The fourth-order valence-electron chi connectivity index (χ4n) is 2.80. The molecule has 1 saturated heterocycles. The van der Waals surface area contributed by atoms with Crippen molar-refractivity contribution in [1.29, 1.82) is 0 Å². The fraction of sp³-hybridized carbons (Fsp3) is 0.533. The maximum absolute atomic E-state index is 12.7. The van der Waals surface area contributed by atoms with Gasteiger partial charge in [0.05, 0.1) is 12.0 Å². The SMILES string of the molecule is CCC1OCCC1C(=O)c1cc2c(cc1Br)OCCO2. The Labute approximate surface area is 126 Å². The first-order valence-electron chi connectivity index (χ1n) is 6.95. The van der Waals surface area contributed by atoms with Crippen LogP contribution in [0.2, 0.25) is 0 Å². The number of hydrogen-bond donors (Lipinski definition) is 0. The van der Waals surface area contributed by atoms with Crippen molar-refractivity contribution in [1.82, 2.24) is 0 Å². The summed E-state index contributed by atoms with van der Waals surface area (Å²) in [6, 6.07) is 3.60. The number of Topliss-reactive ketones (excluding diaryl/α,β-unsaturated/α-hetero) is 1. The standard InChI is InChI=1S/C15H17BrO4/c1-2-12-9(3-4-18-12)15(17)10-7-13-14(8-11(10)16)20-6-5-19-13/h7-9,12H,2-6H2,1H3. The number of carbonyl (C=O) groups excluding carboxylic acids is 1. The number of ether oxygens (including phenoxy) is 3. The molecule has 0 aliphatic carbocycles. The highest BCUT2D eigenvalue weighted by Gasteiger charge is 2.34. The van der Waals surface area contributed by atoms with Crippen LogP contribution >= 0.6 is 15.9 Å². The fourth-order valence-corrected chi connectivity index (χ4v) is 3.32. The summed E-state index contributed by atoms with van der Waals surface area (Å²) in [7, 11) is 0. The first kappa shape index (κ1) is 13.9. The molecule has 5 heteroatoms. The van der Waals surface area contributed by atoms with Gasteiger partial charge in [0, 0.05) is 16.6 Å². The predicted molar refractivity (Wildman–Crippen MR) is 77.6 cm³/mol. The van der Waals surface area contributed by atoms with Gasteiger partial charge in [-0.05, 0) is 40.9 Å². The first-order chi connectivity index (χ1) is 9.70. The minimum absolute atomic E-state index is 0.0302. The van der Waals surface area contributed by atoms with Crippen LogP contribution in [-0.2, 0) is 4.74 Å². The van der Waals surface area contributed by atoms with Crippen LogP contribution in [0.5, 0.6) is 11.5 Å². The number of hydrogen-bond acceptors (Lipinski definition) is 4. The lowest BCUT2D eigenvalue weighted by molar-refractivity contribution is 0.0688. The molecule has 0 aromatic heterocycles. The summed E-state index contributed by atoms with van der Waals surface area (Å²) in [5.41, 5.74) is 0.656. The van der Waals surface area contributed by atoms with Crippen LogP contribution in [-0.4, -0.2) is 31.7 Å². The molecule has 0 radical (unpaired) electrons. The number of halogens is 1. The van der Waals surface area contributed by atoms with E-state index in [0.717, 1.165) is 17.3 Å². The highest BCUT2D eigenvalue weighted by Crippen LogP contribution is 2.38. The highest BCUT2D eigenvalue weighted by atomic mass is 79.9. The molecular formula is C15H17BrO4. The summed E-state index contributed by atoms with van der Waals surface area (Å²) in [4.78, 5) is 12.7. The van der Waals surface area contributed by atoms with Crippen LogP contribution in [0.15, 0.2) is 16.6 Å². The molecule has 3 rings (SSSR count). The van der Waals surface area contributed by atoms with E-state index in [-0.39, 0.29) is 17.8 Å². The molecular weight excluding hydrogens is 324 g/mol. The van der Waals surface area contributed by atoms with Crippen LogP contribution in [0.25, 0.3) is 0 Å². The molecule has 2 heterocycles. The van der Waals surface area contributed by atoms with Crippen molar-refractivity contribution in [2.24, 2.45) is 5.92 Å². The lowest BCUT2D eigenvalue weighted by atomic mass is 9.90. The molecule has 4 nitrogen and oxygen atoms in total. The van der Waals surface area contributed by atoms with Gasteiger partial charge in [0.15, 0.2) is 17.3 Å². The van der Waals surface area contributed by atoms with Gasteiger partial charge < -0.3 is 14.2 Å². The minimum atomic E-state index is -0.0566. The summed E-state index contributed by atoms with van der Waals surface area (Å²) in [5, 5.41) is 0. The Balaban J connectivity index is 1.91. The molecule has 2 aliphatic heterocycles. The van der Waals surface area contributed by atoms with Gasteiger partial charge in [0.25, 0.3) is 0 Å². The van der Waals surface area contributed by atoms with Crippen LogP contribution in [0.1, 0.15) is 30.1 Å². The van der Waals surface area contributed by atoms with E-state index in [2.05, 4.69) is 22.9 Å². The van der Waals surface area contributed by atoms with Gasteiger partial charge in [-0.2, -0.15) is 0 Å². The molecule has 1 aromatic carbocycles. The summed E-state index contributed by atoms with van der Waals surface area (Å²) in [6.07, 6.45) is 1.68. The summed E-state index contributed by atoms with van der Waals surface area (Å²) >= 11 is 3.47. The second-order valence-corrected chi connectivity index (χ2v) is 5.91. The number of rotatable bonds is 3. The van der Waals surface area contributed by atoms with Gasteiger partial charge in [-0.25, -0.2) is 0 Å². The Hall–Kier alpha value is -1.07.